The molecule has 1 saturated carbocycles. The number of hydrogen-bond donors (Lipinski definition) is 2. The number of halogens is 3. The van der Waals surface area contributed by atoms with Gasteiger partial charge in [-0.25, -0.2) is 9.59 Å². The largest absolute Gasteiger partial charge is 0.480 e. The molecular weight excluding hydrogens is 289 g/mol. The predicted molar refractivity (Wildman–Crippen MR) is 69.8 cm³/mol. The number of carboxylic acid groups (broad SMARTS) is 1. The number of aliphatic carboxylic acids is 1. The highest BCUT2D eigenvalue weighted by Gasteiger charge is 2.44. The molecule has 122 valence electrons. The standard InChI is InChI=1S/C13H21F3N2O3/c1-3-18(8-13(14,15)16)11(21)17-12(10(19)20)6-4-5-9(2)7-12/h9H,3-8H2,1-2H3,(H,17,21)(H,19,20). The van der Waals surface area contributed by atoms with Crippen LogP contribution in [0.5, 0.6) is 0 Å². The minimum absolute atomic E-state index is 0.104. The van der Waals surface area contributed by atoms with Gasteiger partial charge in [-0.15, -0.1) is 0 Å². The van der Waals surface area contributed by atoms with Gasteiger partial charge in [-0.05, 0) is 25.7 Å². The molecule has 2 unspecified atom stereocenters. The monoisotopic (exact) mass is 310 g/mol. The van der Waals surface area contributed by atoms with Crippen LogP contribution in [0.1, 0.15) is 39.5 Å². The second kappa shape index (κ2) is 6.53. The number of amides is 2. The van der Waals surface area contributed by atoms with Crippen LogP contribution < -0.4 is 5.32 Å². The fourth-order valence-electron chi connectivity index (χ4n) is 2.74. The highest BCUT2D eigenvalue weighted by molar-refractivity contribution is 5.86. The number of carboxylic acids is 1. The van der Waals surface area contributed by atoms with Gasteiger partial charge in [-0.3, -0.25) is 0 Å². The third-order valence-corrected chi connectivity index (χ3v) is 3.79. The number of alkyl halides is 3. The number of urea groups is 1. The maximum absolute atomic E-state index is 12.4. The highest BCUT2D eigenvalue weighted by atomic mass is 19.4. The predicted octanol–water partition coefficient (Wildman–Crippen LogP) is 2.61. The lowest BCUT2D eigenvalue weighted by atomic mass is 9.76. The zero-order valence-corrected chi connectivity index (χ0v) is 12.2. The Balaban J connectivity index is 2.83. The normalized spacial score (nSPS) is 26.2. The van der Waals surface area contributed by atoms with Gasteiger partial charge in [0.2, 0.25) is 0 Å². The summed E-state index contributed by atoms with van der Waals surface area (Å²) in [5.41, 5.74) is -1.46. The van der Waals surface area contributed by atoms with E-state index >= 15 is 0 Å². The third kappa shape index (κ3) is 4.78. The van der Waals surface area contributed by atoms with Crippen LogP contribution in [-0.4, -0.2) is 46.8 Å². The molecule has 2 atom stereocenters. The van der Waals surface area contributed by atoms with Gasteiger partial charge in [0.25, 0.3) is 0 Å². The van der Waals surface area contributed by atoms with Crippen molar-refractivity contribution in [1.29, 1.82) is 0 Å². The number of nitrogens with one attached hydrogen (secondary N) is 1. The van der Waals surface area contributed by atoms with Gasteiger partial charge in [-0.1, -0.05) is 19.8 Å². The Morgan fingerprint density at radius 2 is 2.05 bits per heavy atom. The lowest BCUT2D eigenvalue weighted by molar-refractivity contribution is -0.147. The number of carbonyl (C=O) groups is 2. The van der Waals surface area contributed by atoms with Crippen molar-refractivity contribution in [3.8, 4) is 0 Å². The average Bonchev–Trinajstić information content (AvgIpc) is 2.34. The van der Waals surface area contributed by atoms with E-state index in [0.717, 1.165) is 6.42 Å². The van der Waals surface area contributed by atoms with E-state index in [1.54, 1.807) is 0 Å². The molecule has 1 aliphatic carbocycles. The Hall–Kier alpha value is -1.47. The van der Waals surface area contributed by atoms with Gasteiger partial charge in [0, 0.05) is 6.54 Å². The van der Waals surface area contributed by atoms with Crippen LogP contribution in [0.15, 0.2) is 0 Å². The molecule has 0 radical (unpaired) electrons. The molecular formula is C13H21F3N2O3. The fraction of sp³-hybridized carbons (Fsp3) is 0.846. The zero-order valence-electron chi connectivity index (χ0n) is 12.2. The van der Waals surface area contributed by atoms with Crippen molar-refractivity contribution in [2.45, 2.75) is 51.2 Å². The topological polar surface area (TPSA) is 69.6 Å². The van der Waals surface area contributed by atoms with E-state index in [0.29, 0.717) is 11.3 Å². The molecule has 0 spiro atoms. The number of nitrogens with zero attached hydrogens (tertiary/aromatic N) is 1. The second-order valence-corrected chi connectivity index (χ2v) is 5.65. The van der Waals surface area contributed by atoms with Gasteiger partial charge >= 0.3 is 18.2 Å². The Morgan fingerprint density at radius 1 is 1.43 bits per heavy atom. The molecule has 2 amide bonds. The quantitative estimate of drug-likeness (QED) is 0.838. The summed E-state index contributed by atoms with van der Waals surface area (Å²) in [6.45, 7) is 1.76. The summed E-state index contributed by atoms with van der Waals surface area (Å²) in [5, 5.41) is 11.7. The van der Waals surface area contributed by atoms with Crippen molar-refractivity contribution < 1.29 is 27.9 Å². The smallest absolute Gasteiger partial charge is 0.406 e. The van der Waals surface area contributed by atoms with Gasteiger partial charge in [0.15, 0.2) is 0 Å². The lowest BCUT2D eigenvalue weighted by Gasteiger charge is -2.38. The van der Waals surface area contributed by atoms with Crippen molar-refractivity contribution in [2.24, 2.45) is 5.92 Å². The molecule has 2 N–H and O–H groups in total. The Bertz CT molecular complexity index is 401. The molecule has 0 saturated heterocycles. The Kier molecular flexibility index (Phi) is 5.47. The summed E-state index contributed by atoms with van der Waals surface area (Å²) in [4.78, 5) is 24.1. The third-order valence-electron chi connectivity index (χ3n) is 3.79. The molecule has 0 heterocycles. The first-order valence-electron chi connectivity index (χ1n) is 6.97. The van der Waals surface area contributed by atoms with Gasteiger partial charge in [-0.2, -0.15) is 13.2 Å². The van der Waals surface area contributed by atoms with Crippen LogP contribution in [0.3, 0.4) is 0 Å². The molecule has 0 aromatic carbocycles. The van der Waals surface area contributed by atoms with Crippen LogP contribution in [0, 0.1) is 5.92 Å². The van der Waals surface area contributed by atoms with Crippen LogP contribution in [0.25, 0.3) is 0 Å². The van der Waals surface area contributed by atoms with Crippen molar-refractivity contribution in [1.82, 2.24) is 10.2 Å². The number of hydrogen-bond acceptors (Lipinski definition) is 2. The summed E-state index contributed by atoms with van der Waals surface area (Å²) in [6.07, 6.45) is -2.56. The maximum atomic E-state index is 12.4. The first-order chi connectivity index (χ1) is 9.59. The first-order valence-corrected chi connectivity index (χ1v) is 6.97. The number of rotatable bonds is 4. The van der Waals surface area contributed by atoms with E-state index in [9.17, 15) is 27.9 Å². The van der Waals surface area contributed by atoms with Gasteiger partial charge in [0.1, 0.15) is 12.1 Å². The van der Waals surface area contributed by atoms with Crippen molar-refractivity contribution in [3.05, 3.63) is 0 Å². The molecule has 0 bridgehead atoms. The van der Waals surface area contributed by atoms with Gasteiger partial charge in [0.05, 0.1) is 0 Å². The van der Waals surface area contributed by atoms with Crippen LogP contribution in [-0.2, 0) is 4.79 Å². The van der Waals surface area contributed by atoms with E-state index in [1.165, 1.54) is 6.92 Å². The number of carbonyl (C=O) groups excluding carboxylic acids is 1. The lowest BCUT2D eigenvalue weighted by Crippen LogP contribution is -2.60. The summed E-state index contributed by atoms with van der Waals surface area (Å²) >= 11 is 0. The maximum Gasteiger partial charge on any atom is 0.406 e. The molecule has 21 heavy (non-hydrogen) atoms. The molecule has 8 heteroatoms. The Labute approximate surface area is 121 Å². The van der Waals surface area contributed by atoms with E-state index < -0.39 is 30.3 Å². The average molecular weight is 310 g/mol. The molecule has 5 nitrogen and oxygen atoms in total. The molecule has 1 fully saturated rings. The molecule has 1 aliphatic rings. The SMILES string of the molecule is CCN(CC(F)(F)F)C(=O)NC1(C(=O)O)CCCC(C)C1. The van der Waals surface area contributed by atoms with Crippen LogP contribution in [0.2, 0.25) is 0 Å². The molecule has 0 aromatic heterocycles. The van der Waals surface area contributed by atoms with Crippen molar-refractivity contribution in [2.75, 3.05) is 13.1 Å². The summed E-state index contributed by atoms with van der Waals surface area (Å²) in [7, 11) is 0. The highest BCUT2D eigenvalue weighted by Crippen LogP contribution is 2.33. The van der Waals surface area contributed by atoms with E-state index in [-0.39, 0.29) is 25.3 Å². The Morgan fingerprint density at radius 3 is 2.48 bits per heavy atom. The first kappa shape index (κ1) is 17.6. The summed E-state index contributed by atoms with van der Waals surface area (Å²) in [5.74, 6) is -1.08. The van der Waals surface area contributed by atoms with Crippen molar-refractivity contribution in [3.63, 3.8) is 0 Å². The van der Waals surface area contributed by atoms with Crippen molar-refractivity contribution >= 4 is 12.0 Å². The minimum Gasteiger partial charge on any atom is -0.480 e. The summed E-state index contributed by atoms with van der Waals surface area (Å²) < 4.78 is 37.2. The summed E-state index contributed by atoms with van der Waals surface area (Å²) in [6, 6.07) is -0.980. The van der Waals surface area contributed by atoms with Crippen LogP contribution >= 0.6 is 0 Å². The van der Waals surface area contributed by atoms with Gasteiger partial charge < -0.3 is 15.3 Å². The minimum atomic E-state index is -4.51. The van der Waals surface area contributed by atoms with E-state index in [2.05, 4.69) is 5.32 Å². The fourth-order valence-corrected chi connectivity index (χ4v) is 2.74. The van der Waals surface area contributed by atoms with Crippen LogP contribution in [0.4, 0.5) is 18.0 Å². The molecule has 1 rings (SSSR count). The zero-order chi connectivity index (χ0) is 16.3. The van der Waals surface area contributed by atoms with E-state index in [4.69, 9.17) is 0 Å². The molecule has 0 aliphatic heterocycles. The molecule has 0 aromatic rings. The second-order valence-electron chi connectivity index (χ2n) is 5.65. The van der Waals surface area contributed by atoms with E-state index in [1.807, 2.05) is 6.92 Å².